The Bertz CT molecular complexity index is 898. The number of fused-ring (bicyclic) bond motifs is 1. The number of alkyl halides is 2. The van der Waals surface area contributed by atoms with Gasteiger partial charge in [-0.05, 0) is 29.8 Å². The fraction of sp³-hybridized carbons (Fsp3) is 0.222. The Kier molecular flexibility index (Phi) is 6.12. The molecule has 0 amide bonds. The third-order valence-corrected chi connectivity index (χ3v) is 4.23. The van der Waals surface area contributed by atoms with Gasteiger partial charge in [-0.3, -0.25) is 4.79 Å². The molecular weight excluding hydrogens is 380 g/mol. The van der Waals surface area contributed by atoms with Crippen LogP contribution in [0.1, 0.15) is 5.56 Å². The summed E-state index contributed by atoms with van der Waals surface area (Å²) in [5, 5.41) is 0.378. The lowest BCUT2D eigenvalue weighted by atomic mass is 10.2. The minimum Gasteiger partial charge on any atom is -0.493 e. The van der Waals surface area contributed by atoms with Crippen molar-refractivity contribution in [3.63, 3.8) is 0 Å². The van der Waals surface area contributed by atoms with Crippen molar-refractivity contribution >= 4 is 28.8 Å². The topological polar surface area (TPSA) is 70.8 Å². The molecule has 0 aliphatic heterocycles. The first kappa shape index (κ1) is 19.0. The molecule has 0 aliphatic carbocycles. The van der Waals surface area contributed by atoms with Crippen molar-refractivity contribution in [2.75, 3.05) is 12.9 Å². The lowest BCUT2D eigenvalue weighted by Gasteiger charge is -2.11. The van der Waals surface area contributed by atoms with Crippen LogP contribution in [0, 0.1) is 0 Å². The van der Waals surface area contributed by atoms with Crippen molar-refractivity contribution in [2.45, 2.75) is 18.4 Å². The van der Waals surface area contributed by atoms with Crippen LogP contribution >= 0.6 is 11.8 Å². The smallest absolute Gasteiger partial charge is 0.387 e. The number of aromatic nitrogens is 1. The van der Waals surface area contributed by atoms with Gasteiger partial charge >= 0.3 is 12.6 Å². The van der Waals surface area contributed by atoms with Gasteiger partial charge in [-0.2, -0.15) is 8.78 Å². The molecule has 0 unspecified atom stereocenters. The monoisotopic (exact) mass is 395 g/mol. The average Bonchev–Trinajstić information content (AvgIpc) is 3.08. The van der Waals surface area contributed by atoms with Crippen LogP contribution in [0.25, 0.3) is 11.1 Å². The van der Waals surface area contributed by atoms with Gasteiger partial charge in [0.1, 0.15) is 17.9 Å². The van der Waals surface area contributed by atoms with E-state index in [0.717, 1.165) is 11.8 Å². The van der Waals surface area contributed by atoms with Gasteiger partial charge in [-0.15, -0.1) is 0 Å². The molecule has 0 saturated carbocycles. The number of carbonyl (C=O) groups excluding carboxylic acids is 1. The highest BCUT2D eigenvalue weighted by Gasteiger charge is 2.13. The summed E-state index contributed by atoms with van der Waals surface area (Å²) in [4.78, 5) is 16.2. The van der Waals surface area contributed by atoms with E-state index in [1.54, 1.807) is 6.07 Å². The molecule has 3 rings (SSSR count). The number of carbonyl (C=O) groups is 1. The summed E-state index contributed by atoms with van der Waals surface area (Å²) in [6.45, 7) is -2.98. The largest absolute Gasteiger partial charge is 0.493 e. The van der Waals surface area contributed by atoms with E-state index in [1.807, 2.05) is 18.2 Å². The van der Waals surface area contributed by atoms with Gasteiger partial charge in [0.05, 0.1) is 7.11 Å². The fourth-order valence-corrected chi connectivity index (χ4v) is 2.87. The summed E-state index contributed by atoms with van der Waals surface area (Å²) in [7, 11) is 1.33. The molecule has 0 fully saturated rings. The number of oxazole rings is 1. The first-order valence-corrected chi connectivity index (χ1v) is 8.79. The van der Waals surface area contributed by atoms with Gasteiger partial charge in [0, 0.05) is 0 Å². The second-order valence-electron chi connectivity index (χ2n) is 5.26. The second-order valence-corrected chi connectivity index (χ2v) is 6.19. The SMILES string of the molecule is COc1cc(COC(=O)CSc2nc3ccccc3o2)ccc1OC(F)F. The first-order chi connectivity index (χ1) is 13.0. The molecule has 2 aromatic carbocycles. The number of para-hydroxylation sites is 2. The van der Waals surface area contributed by atoms with Crippen LogP contribution in [-0.2, 0) is 16.1 Å². The van der Waals surface area contributed by atoms with E-state index >= 15 is 0 Å². The van der Waals surface area contributed by atoms with Crippen LogP contribution in [0.4, 0.5) is 8.78 Å². The zero-order valence-electron chi connectivity index (χ0n) is 14.2. The van der Waals surface area contributed by atoms with E-state index in [1.165, 1.54) is 25.3 Å². The van der Waals surface area contributed by atoms with E-state index in [0.29, 0.717) is 21.9 Å². The third kappa shape index (κ3) is 5.10. The second kappa shape index (κ2) is 8.72. The van der Waals surface area contributed by atoms with E-state index in [9.17, 15) is 13.6 Å². The third-order valence-electron chi connectivity index (χ3n) is 3.43. The molecule has 9 heteroatoms. The van der Waals surface area contributed by atoms with Gasteiger partial charge < -0.3 is 18.6 Å². The standard InChI is InChI=1S/C18H15F2NO5S/c1-23-15-8-11(6-7-14(15)25-17(19)20)9-24-16(22)10-27-18-21-12-4-2-3-5-13(12)26-18/h2-8,17H,9-10H2,1H3. The van der Waals surface area contributed by atoms with E-state index in [4.69, 9.17) is 13.9 Å². The Morgan fingerprint density at radius 3 is 2.78 bits per heavy atom. The molecule has 142 valence electrons. The first-order valence-electron chi connectivity index (χ1n) is 7.81. The van der Waals surface area contributed by atoms with Gasteiger partial charge in [0.2, 0.25) is 0 Å². The number of ether oxygens (including phenoxy) is 3. The number of hydrogen-bond acceptors (Lipinski definition) is 7. The van der Waals surface area contributed by atoms with Gasteiger partial charge in [0.15, 0.2) is 17.1 Å². The highest BCUT2D eigenvalue weighted by atomic mass is 32.2. The average molecular weight is 395 g/mol. The van der Waals surface area contributed by atoms with Crippen LogP contribution in [-0.4, -0.2) is 30.4 Å². The Morgan fingerprint density at radius 1 is 1.22 bits per heavy atom. The molecular formula is C18H15F2NO5S. The van der Waals surface area contributed by atoms with Crippen molar-refractivity contribution in [1.82, 2.24) is 4.98 Å². The summed E-state index contributed by atoms with van der Waals surface area (Å²) in [6.07, 6.45) is 0. The summed E-state index contributed by atoms with van der Waals surface area (Å²) in [5.74, 6) is -0.399. The maximum atomic E-state index is 12.3. The molecule has 0 saturated heterocycles. The number of benzene rings is 2. The fourth-order valence-electron chi connectivity index (χ4n) is 2.23. The van der Waals surface area contributed by atoms with Gasteiger partial charge in [-0.25, -0.2) is 4.98 Å². The minimum atomic E-state index is -2.95. The Hall–Kier alpha value is -2.81. The number of nitrogens with zero attached hydrogens (tertiary/aromatic N) is 1. The van der Waals surface area contributed by atoms with Crippen molar-refractivity contribution < 1.29 is 32.2 Å². The van der Waals surface area contributed by atoms with Crippen LogP contribution in [0.2, 0.25) is 0 Å². The number of rotatable bonds is 8. The van der Waals surface area contributed by atoms with Crippen LogP contribution in [0.5, 0.6) is 11.5 Å². The Balaban J connectivity index is 1.52. The lowest BCUT2D eigenvalue weighted by molar-refractivity contribution is -0.141. The summed E-state index contributed by atoms with van der Waals surface area (Å²) >= 11 is 1.13. The molecule has 0 atom stereocenters. The van der Waals surface area contributed by atoms with Gasteiger partial charge in [0.25, 0.3) is 5.22 Å². The number of esters is 1. The normalized spacial score (nSPS) is 11.0. The van der Waals surface area contributed by atoms with E-state index in [2.05, 4.69) is 9.72 Å². The van der Waals surface area contributed by atoms with Gasteiger partial charge in [-0.1, -0.05) is 30.0 Å². The Morgan fingerprint density at radius 2 is 2.04 bits per heavy atom. The minimum absolute atomic E-state index is 0.0243. The molecule has 1 aromatic heterocycles. The zero-order chi connectivity index (χ0) is 19.2. The predicted octanol–water partition coefficient (Wildman–Crippen LogP) is 4.27. The highest BCUT2D eigenvalue weighted by molar-refractivity contribution is 7.99. The van der Waals surface area contributed by atoms with Crippen LogP contribution < -0.4 is 9.47 Å². The predicted molar refractivity (Wildman–Crippen MR) is 94.2 cm³/mol. The quantitative estimate of drug-likeness (QED) is 0.417. The van der Waals surface area contributed by atoms with Crippen molar-refractivity contribution in [2.24, 2.45) is 0 Å². The van der Waals surface area contributed by atoms with Crippen LogP contribution in [0.15, 0.2) is 52.1 Å². The lowest BCUT2D eigenvalue weighted by Crippen LogP contribution is -2.08. The van der Waals surface area contributed by atoms with Crippen LogP contribution in [0.3, 0.4) is 0 Å². The Labute approximate surface area is 157 Å². The molecule has 0 aliphatic rings. The van der Waals surface area contributed by atoms with E-state index in [-0.39, 0.29) is 23.9 Å². The zero-order valence-corrected chi connectivity index (χ0v) is 15.0. The number of thioether (sulfide) groups is 1. The van der Waals surface area contributed by atoms with Crippen molar-refractivity contribution in [3.8, 4) is 11.5 Å². The van der Waals surface area contributed by atoms with E-state index < -0.39 is 12.6 Å². The number of hydrogen-bond donors (Lipinski definition) is 0. The summed E-state index contributed by atoms with van der Waals surface area (Å²) in [6, 6.07) is 11.6. The number of halogens is 2. The maximum absolute atomic E-state index is 12.3. The maximum Gasteiger partial charge on any atom is 0.387 e. The molecule has 1 heterocycles. The molecule has 0 radical (unpaired) electrons. The van der Waals surface area contributed by atoms with Crippen molar-refractivity contribution in [3.05, 3.63) is 48.0 Å². The molecule has 0 bridgehead atoms. The molecule has 0 spiro atoms. The number of methoxy groups -OCH3 is 1. The van der Waals surface area contributed by atoms with Crippen molar-refractivity contribution in [1.29, 1.82) is 0 Å². The molecule has 3 aromatic rings. The molecule has 0 N–H and O–H groups in total. The summed E-state index contributed by atoms with van der Waals surface area (Å²) < 4.78 is 44.7. The molecule has 27 heavy (non-hydrogen) atoms. The molecule has 6 nitrogen and oxygen atoms in total. The highest BCUT2D eigenvalue weighted by Crippen LogP contribution is 2.30. The summed E-state index contributed by atoms with van der Waals surface area (Å²) in [5.41, 5.74) is 1.94.